The Morgan fingerprint density at radius 1 is 0.848 bits per heavy atom. The number of rotatable bonds is 5. The van der Waals surface area contributed by atoms with Gasteiger partial charge in [0.2, 0.25) is 5.78 Å². The molecule has 33 heavy (non-hydrogen) atoms. The van der Waals surface area contributed by atoms with Crippen LogP contribution in [0.3, 0.4) is 0 Å². The molecule has 0 aliphatic carbocycles. The Labute approximate surface area is 189 Å². The highest BCUT2D eigenvalue weighted by atomic mass is 16.5. The molecule has 0 saturated carbocycles. The molecule has 0 aliphatic rings. The van der Waals surface area contributed by atoms with Crippen LogP contribution in [0.4, 0.5) is 5.69 Å². The number of nitrogens with one attached hydrogen (secondary N) is 1. The number of anilines is 1. The van der Waals surface area contributed by atoms with Gasteiger partial charge in [-0.3, -0.25) is 9.59 Å². The maximum absolute atomic E-state index is 13.2. The van der Waals surface area contributed by atoms with Crippen molar-refractivity contribution in [1.29, 1.82) is 0 Å². The fourth-order valence-electron chi connectivity index (χ4n) is 3.58. The standard InChI is InChI=1S/C27H20N2O4/c1-16-7-11-18(12-8-16)23-15-21(29-33-23)27(31)28-24-20-5-3-4-6-22(20)32-26(24)25(30)19-13-9-17(2)10-14-19/h3-15H,1-2H3,(H,28,31). The zero-order chi connectivity index (χ0) is 22.9. The molecular weight excluding hydrogens is 416 g/mol. The minimum Gasteiger partial charge on any atom is -0.450 e. The monoisotopic (exact) mass is 436 g/mol. The van der Waals surface area contributed by atoms with E-state index in [2.05, 4.69) is 10.5 Å². The lowest BCUT2D eigenvalue weighted by atomic mass is 10.1. The third-order valence-corrected chi connectivity index (χ3v) is 5.43. The summed E-state index contributed by atoms with van der Waals surface area (Å²) in [6.45, 7) is 3.94. The number of carbonyl (C=O) groups is 2. The summed E-state index contributed by atoms with van der Waals surface area (Å²) in [5.41, 5.74) is 4.36. The Balaban J connectivity index is 1.49. The van der Waals surface area contributed by atoms with E-state index in [0.29, 0.717) is 28.0 Å². The lowest BCUT2D eigenvalue weighted by Gasteiger charge is -2.04. The van der Waals surface area contributed by atoms with E-state index in [-0.39, 0.29) is 17.2 Å². The third-order valence-electron chi connectivity index (χ3n) is 5.43. The number of carbonyl (C=O) groups excluding carboxylic acids is 2. The van der Waals surface area contributed by atoms with Crippen LogP contribution in [0.1, 0.15) is 37.7 Å². The minimum absolute atomic E-state index is 0.0654. The Hall–Kier alpha value is -4.45. The Morgan fingerprint density at radius 3 is 2.24 bits per heavy atom. The number of furan rings is 1. The summed E-state index contributed by atoms with van der Waals surface area (Å²) in [6.07, 6.45) is 0. The Bertz CT molecular complexity index is 1480. The van der Waals surface area contributed by atoms with E-state index in [1.807, 2.05) is 62.4 Å². The van der Waals surface area contributed by atoms with Crippen LogP contribution < -0.4 is 5.32 Å². The molecule has 0 aliphatic heterocycles. The van der Waals surface area contributed by atoms with Crippen LogP contribution >= 0.6 is 0 Å². The minimum atomic E-state index is -0.498. The number of nitrogens with zero attached hydrogens (tertiary/aromatic N) is 1. The molecule has 2 aromatic heterocycles. The quantitative estimate of drug-likeness (QED) is 0.332. The first-order valence-corrected chi connectivity index (χ1v) is 10.5. The van der Waals surface area contributed by atoms with Gasteiger partial charge in [-0.15, -0.1) is 0 Å². The van der Waals surface area contributed by atoms with Crippen LogP contribution in [-0.2, 0) is 0 Å². The molecule has 0 unspecified atom stereocenters. The predicted octanol–water partition coefficient (Wildman–Crippen LogP) is 6.19. The highest BCUT2D eigenvalue weighted by Gasteiger charge is 2.25. The van der Waals surface area contributed by atoms with Crippen molar-refractivity contribution in [1.82, 2.24) is 5.16 Å². The molecule has 0 spiro atoms. The van der Waals surface area contributed by atoms with Gasteiger partial charge < -0.3 is 14.3 Å². The molecule has 6 nitrogen and oxygen atoms in total. The van der Waals surface area contributed by atoms with Crippen LogP contribution in [0, 0.1) is 13.8 Å². The molecule has 0 bridgehead atoms. The zero-order valence-corrected chi connectivity index (χ0v) is 18.1. The van der Waals surface area contributed by atoms with Gasteiger partial charge in [-0.1, -0.05) is 76.9 Å². The summed E-state index contributed by atoms with van der Waals surface area (Å²) in [7, 11) is 0. The molecule has 5 rings (SSSR count). The van der Waals surface area contributed by atoms with Gasteiger partial charge in [0.25, 0.3) is 5.91 Å². The van der Waals surface area contributed by atoms with Crippen molar-refractivity contribution in [3.63, 3.8) is 0 Å². The number of ketones is 1. The molecule has 5 aromatic rings. The van der Waals surface area contributed by atoms with Crippen molar-refractivity contribution in [2.45, 2.75) is 13.8 Å². The fourth-order valence-corrected chi connectivity index (χ4v) is 3.58. The molecule has 1 amide bonds. The maximum atomic E-state index is 13.2. The van der Waals surface area contributed by atoms with Crippen LogP contribution in [0.25, 0.3) is 22.3 Å². The molecule has 0 atom stereocenters. The van der Waals surface area contributed by atoms with Crippen molar-refractivity contribution in [3.8, 4) is 11.3 Å². The second-order valence-electron chi connectivity index (χ2n) is 7.89. The smallest absolute Gasteiger partial charge is 0.277 e. The first-order chi connectivity index (χ1) is 16.0. The SMILES string of the molecule is Cc1ccc(C(=O)c2oc3ccccc3c2NC(=O)c2cc(-c3ccc(C)cc3)on2)cc1. The molecule has 0 saturated heterocycles. The average molecular weight is 436 g/mol. The van der Waals surface area contributed by atoms with Crippen molar-refractivity contribution in [3.05, 3.63) is 107 Å². The van der Waals surface area contributed by atoms with Crippen LogP contribution in [0.2, 0.25) is 0 Å². The van der Waals surface area contributed by atoms with E-state index in [0.717, 1.165) is 16.7 Å². The van der Waals surface area contributed by atoms with Crippen molar-refractivity contribution in [2.75, 3.05) is 5.32 Å². The van der Waals surface area contributed by atoms with Crippen molar-refractivity contribution in [2.24, 2.45) is 0 Å². The molecular formula is C27H20N2O4. The van der Waals surface area contributed by atoms with E-state index in [1.54, 1.807) is 30.3 Å². The topological polar surface area (TPSA) is 85.3 Å². The van der Waals surface area contributed by atoms with E-state index >= 15 is 0 Å². The second-order valence-corrected chi connectivity index (χ2v) is 7.89. The van der Waals surface area contributed by atoms with Gasteiger partial charge in [-0.25, -0.2) is 0 Å². The number of aryl methyl sites for hydroxylation is 2. The highest BCUT2D eigenvalue weighted by Crippen LogP contribution is 2.33. The van der Waals surface area contributed by atoms with E-state index < -0.39 is 5.91 Å². The molecule has 6 heteroatoms. The number of hydrogen-bond donors (Lipinski definition) is 1. The summed E-state index contributed by atoms with van der Waals surface area (Å²) >= 11 is 0. The molecule has 0 radical (unpaired) electrons. The lowest BCUT2D eigenvalue weighted by Crippen LogP contribution is -2.14. The molecule has 162 valence electrons. The van der Waals surface area contributed by atoms with Gasteiger partial charge in [0.05, 0.1) is 5.69 Å². The van der Waals surface area contributed by atoms with E-state index in [9.17, 15) is 9.59 Å². The summed E-state index contributed by atoms with van der Waals surface area (Å²) in [5.74, 6) is -0.271. The number of fused-ring (bicyclic) bond motifs is 1. The lowest BCUT2D eigenvalue weighted by molar-refractivity contribution is 0.101. The molecule has 3 aromatic carbocycles. The van der Waals surface area contributed by atoms with Gasteiger partial charge in [0.15, 0.2) is 17.2 Å². The first-order valence-electron chi connectivity index (χ1n) is 10.5. The van der Waals surface area contributed by atoms with E-state index in [4.69, 9.17) is 8.94 Å². The van der Waals surface area contributed by atoms with Crippen molar-refractivity contribution >= 4 is 28.3 Å². The Morgan fingerprint density at radius 2 is 1.52 bits per heavy atom. The number of aromatic nitrogens is 1. The van der Waals surface area contributed by atoms with Crippen LogP contribution in [-0.4, -0.2) is 16.8 Å². The maximum Gasteiger partial charge on any atom is 0.277 e. The zero-order valence-electron chi connectivity index (χ0n) is 18.1. The van der Waals surface area contributed by atoms with Crippen molar-refractivity contribution < 1.29 is 18.5 Å². The van der Waals surface area contributed by atoms with Gasteiger partial charge in [-0.05, 0) is 26.0 Å². The Kier molecular flexibility index (Phi) is 5.11. The normalized spacial score (nSPS) is 11.0. The van der Waals surface area contributed by atoms with Gasteiger partial charge in [-0.2, -0.15) is 0 Å². The molecule has 2 heterocycles. The number of hydrogen-bond acceptors (Lipinski definition) is 5. The molecule has 1 N–H and O–H groups in total. The highest BCUT2D eigenvalue weighted by molar-refractivity contribution is 6.18. The largest absolute Gasteiger partial charge is 0.450 e. The third kappa shape index (κ3) is 3.94. The van der Waals surface area contributed by atoms with Crippen LogP contribution in [0.5, 0.6) is 0 Å². The number of benzene rings is 3. The van der Waals surface area contributed by atoms with Gasteiger partial charge in [0.1, 0.15) is 5.58 Å². The predicted molar refractivity (Wildman–Crippen MR) is 125 cm³/mol. The van der Waals surface area contributed by atoms with Crippen LogP contribution in [0.15, 0.2) is 87.8 Å². The van der Waals surface area contributed by atoms with E-state index in [1.165, 1.54) is 0 Å². The molecule has 0 fully saturated rings. The number of amides is 1. The summed E-state index contributed by atoms with van der Waals surface area (Å²) in [4.78, 5) is 26.2. The summed E-state index contributed by atoms with van der Waals surface area (Å²) in [6, 6.07) is 23.7. The van der Waals surface area contributed by atoms with Gasteiger partial charge >= 0.3 is 0 Å². The summed E-state index contributed by atoms with van der Waals surface area (Å²) in [5, 5.41) is 7.35. The fraction of sp³-hybridized carbons (Fsp3) is 0.0741. The summed E-state index contributed by atoms with van der Waals surface area (Å²) < 4.78 is 11.2. The average Bonchev–Trinajstić information content (AvgIpc) is 3.46. The number of para-hydroxylation sites is 1. The first kappa shape index (κ1) is 20.5. The van der Waals surface area contributed by atoms with Gasteiger partial charge in [0, 0.05) is 22.6 Å². The second kappa shape index (κ2) is 8.24.